The van der Waals surface area contributed by atoms with Gasteiger partial charge in [-0.3, -0.25) is 15.1 Å². The minimum atomic E-state index is -0.377. The van der Waals surface area contributed by atoms with Crippen LogP contribution >= 0.6 is 11.3 Å². The largest absolute Gasteiger partial charge is 0.339 e. The lowest BCUT2D eigenvalue weighted by atomic mass is 10.0. The molecule has 1 fully saturated rings. The zero-order chi connectivity index (χ0) is 22.1. The number of nitrogens with zero attached hydrogens (tertiary/aromatic N) is 7. The quantitative estimate of drug-likeness (QED) is 0.636. The summed E-state index contributed by atoms with van der Waals surface area (Å²) < 4.78 is 0. The summed E-state index contributed by atoms with van der Waals surface area (Å²) in [5.41, 5.74) is 1.58. The summed E-state index contributed by atoms with van der Waals surface area (Å²) >= 11 is 1.24. The van der Waals surface area contributed by atoms with Crippen molar-refractivity contribution >= 4 is 39.8 Å². The van der Waals surface area contributed by atoms with Gasteiger partial charge in [-0.25, -0.2) is 9.97 Å². The number of likely N-dealkylation sites (N-methyl/N-ethyl adjacent to an activating group) is 1. The van der Waals surface area contributed by atoms with E-state index in [0.29, 0.717) is 28.1 Å². The van der Waals surface area contributed by atoms with Crippen LogP contribution in [0.5, 0.6) is 0 Å². The van der Waals surface area contributed by atoms with E-state index in [1.807, 2.05) is 18.2 Å². The second kappa shape index (κ2) is 8.51. The fourth-order valence-electron chi connectivity index (χ4n) is 4.45. The number of hydrogen-bond donors (Lipinski definition) is 1. The highest BCUT2D eigenvalue weighted by atomic mass is 32.1. The van der Waals surface area contributed by atoms with Gasteiger partial charge in [0, 0.05) is 31.4 Å². The molecule has 3 aromatic rings. The van der Waals surface area contributed by atoms with Crippen molar-refractivity contribution in [2.45, 2.75) is 44.2 Å². The number of carbonyl (C=O) groups is 1. The Bertz CT molecular complexity index is 1170. The molecule has 0 aromatic carbocycles. The van der Waals surface area contributed by atoms with Crippen LogP contribution in [0.1, 0.15) is 36.3 Å². The molecule has 1 aliphatic carbocycles. The Morgan fingerprint density at radius 1 is 1.22 bits per heavy atom. The highest BCUT2D eigenvalue weighted by molar-refractivity contribution is 7.16. The van der Waals surface area contributed by atoms with E-state index < -0.39 is 0 Å². The SMILES string of the molecule is CN1C(=O)[C@@H](Cc2ccccn2)N(C2CCCC2)c2nc(Nc3ncc(C#N)s3)ncc21. The fourth-order valence-corrected chi connectivity index (χ4v) is 5.06. The van der Waals surface area contributed by atoms with E-state index in [1.165, 1.54) is 17.5 Å². The molecule has 1 saturated carbocycles. The van der Waals surface area contributed by atoms with Crippen molar-refractivity contribution in [2.24, 2.45) is 0 Å². The molecule has 1 atom stereocenters. The van der Waals surface area contributed by atoms with Crippen LogP contribution in [0.15, 0.2) is 36.8 Å². The van der Waals surface area contributed by atoms with Crippen LogP contribution in [0.4, 0.5) is 22.6 Å². The molecule has 0 radical (unpaired) electrons. The van der Waals surface area contributed by atoms with Gasteiger partial charge < -0.3 is 9.80 Å². The highest BCUT2D eigenvalue weighted by Crippen LogP contribution is 2.40. The predicted octanol–water partition coefficient (Wildman–Crippen LogP) is 3.28. The molecule has 9 nitrogen and oxygen atoms in total. The number of pyridine rings is 1. The Hall–Kier alpha value is -3.58. The van der Waals surface area contributed by atoms with E-state index in [1.54, 1.807) is 24.3 Å². The van der Waals surface area contributed by atoms with Crippen molar-refractivity contribution in [3.63, 3.8) is 0 Å². The summed E-state index contributed by atoms with van der Waals surface area (Å²) in [7, 11) is 1.77. The van der Waals surface area contributed by atoms with Gasteiger partial charge in [-0.15, -0.1) is 0 Å². The van der Waals surface area contributed by atoms with Crippen molar-refractivity contribution in [1.82, 2.24) is 19.9 Å². The molecule has 1 amide bonds. The van der Waals surface area contributed by atoms with E-state index in [9.17, 15) is 4.79 Å². The monoisotopic (exact) mass is 446 g/mol. The van der Waals surface area contributed by atoms with Crippen molar-refractivity contribution in [2.75, 3.05) is 22.2 Å². The first-order valence-electron chi connectivity index (χ1n) is 10.6. The normalized spacial score (nSPS) is 18.5. The van der Waals surface area contributed by atoms with Crippen molar-refractivity contribution < 1.29 is 4.79 Å². The average Bonchev–Trinajstić information content (AvgIpc) is 3.50. The topological polar surface area (TPSA) is 111 Å². The molecule has 5 rings (SSSR count). The molecule has 0 bridgehead atoms. The van der Waals surface area contributed by atoms with Gasteiger partial charge in [0.1, 0.15) is 22.7 Å². The number of anilines is 4. The molecular weight excluding hydrogens is 424 g/mol. The zero-order valence-corrected chi connectivity index (χ0v) is 18.4. The third kappa shape index (κ3) is 3.76. The fraction of sp³-hybridized carbons (Fsp3) is 0.364. The van der Waals surface area contributed by atoms with Crippen molar-refractivity contribution in [3.8, 4) is 6.07 Å². The minimum Gasteiger partial charge on any atom is -0.339 e. The average molecular weight is 447 g/mol. The lowest BCUT2D eigenvalue weighted by molar-refractivity contribution is -0.120. The number of carbonyl (C=O) groups excluding carboxylic acids is 1. The number of rotatable bonds is 5. The number of thiazole rings is 1. The third-order valence-electron chi connectivity index (χ3n) is 5.99. The molecule has 32 heavy (non-hydrogen) atoms. The smallest absolute Gasteiger partial charge is 0.250 e. The Morgan fingerprint density at radius 2 is 2.06 bits per heavy atom. The summed E-state index contributed by atoms with van der Waals surface area (Å²) in [4.78, 5) is 35.7. The zero-order valence-electron chi connectivity index (χ0n) is 17.6. The standard InChI is InChI=1S/C22H22N8OS/c1-29-18-13-25-21(28-22-26-12-16(11-23)32-22)27-19(18)30(15-7-2-3-8-15)17(20(29)31)10-14-6-4-5-9-24-14/h4-6,9,12-13,15,17H,2-3,7-8,10H2,1H3,(H,25,26,27,28)/t17-/m1/s1. The van der Waals surface area contributed by atoms with Gasteiger partial charge in [0.25, 0.3) is 0 Å². The van der Waals surface area contributed by atoms with Crippen LogP contribution in [0.25, 0.3) is 0 Å². The molecule has 2 aliphatic rings. The maximum Gasteiger partial charge on any atom is 0.250 e. The summed E-state index contributed by atoms with van der Waals surface area (Å²) in [5, 5.41) is 12.7. The summed E-state index contributed by atoms with van der Waals surface area (Å²) in [6.07, 6.45) is 9.82. The Balaban J connectivity index is 1.53. The molecule has 0 saturated heterocycles. The van der Waals surface area contributed by atoms with E-state index in [-0.39, 0.29) is 18.0 Å². The van der Waals surface area contributed by atoms with E-state index in [0.717, 1.165) is 37.2 Å². The summed E-state index contributed by atoms with van der Waals surface area (Å²) in [6.45, 7) is 0. The van der Waals surface area contributed by atoms with E-state index in [4.69, 9.17) is 10.2 Å². The molecule has 0 spiro atoms. The number of nitriles is 1. The Morgan fingerprint density at radius 3 is 2.78 bits per heavy atom. The van der Waals surface area contributed by atoms with Crippen molar-refractivity contribution in [3.05, 3.63) is 47.4 Å². The van der Waals surface area contributed by atoms with Gasteiger partial charge in [-0.2, -0.15) is 10.2 Å². The van der Waals surface area contributed by atoms with Gasteiger partial charge in [-0.1, -0.05) is 30.2 Å². The first-order chi connectivity index (χ1) is 15.6. The number of aromatic nitrogens is 4. The molecule has 162 valence electrons. The number of hydrogen-bond acceptors (Lipinski definition) is 9. The summed E-state index contributed by atoms with van der Waals surface area (Å²) in [6, 6.07) is 7.73. The molecule has 10 heteroatoms. The maximum atomic E-state index is 13.4. The second-order valence-corrected chi connectivity index (χ2v) is 8.98. The predicted molar refractivity (Wildman–Crippen MR) is 122 cm³/mol. The summed E-state index contributed by atoms with van der Waals surface area (Å²) in [5.74, 6) is 1.16. The van der Waals surface area contributed by atoms with Gasteiger partial charge in [-0.05, 0) is 25.0 Å². The van der Waals surface area contributed by atoms with Crippen LogP contribution in [-0.4, -0.2) is 45.0 Å². The van der Waals surface area contributed by atoms with Crippen LogP contribution < -0.4 is 15.1 Å². The van der Waals surface area contributed by atoms with Crippen LogP contribution in [0, 0.1) is 11.3 Å². The second-order valence-electron chi connectivity index (χ2n) is 7.95. The maximum absolute atomic E-state index is 13.4. The van der Waals surface area contributed by atoms with Crippen LogP contribution in [0.2, 0.25) is 0 Å². The Kier molecular flexibility index (Phi) is 5.41. The van der Waals surface area contributed by atoms with Crippen molar-refractivity contribution in [1.29, 1.82) is 5.26 Å². The van der Waals surface area contributed by atoms with Gasteiger partial charge in [0.2, 0.25) is 11.9 Å². The molecular formula is C22H22N8OS. The van der Waals surface area contributed by atoms with Crippen LogP contribution in [0.3, 0.4) is 0 Å². The number of amides is 1. The van der Waals surface area contributed by atoms with E-state index in [2.05, 4.69) is 31.2 Å². The number of nitrogens with one attached hydrogen (secondary N) is 1. The number of fused-ring (bicyclic) bond motifs is 1. The van der Waals surface area contributed by atoms with Gasteiger partial charge >= 0.3 is 0 Å². The molecule has 1 N–H and O–H groups in total. The first kappa shape index (κ1) is 20.3. The Labute approximate surface area is 189 Å². The van der Waals surface area contributed by atoms with E-state index >= 15 is 0 Å². The molecule has 3 aromatic heterocycles. The van der Waals surface area contributed by atoms with Gasteiger partial charge in [0.05, 0.1) is 12.4 Å². The third-order valence-corrected chi connectivity index (χ3v) is 6.81. The molecule has 4 heterocycles. The first-order valence-corrected chi connectivity index (χ1v) is 11.4. The lowest BCUT2D eigenvalue weighted by Crippen LogP contribution is -2.57. The minimum absolute atomic E-state index is 0.0259. The molecule has 1 aliphatic heterocycles. The molecule has 0 unspecified atom stereocenters. The lowest BCUT2D eigenvalue weighted by Gasteiger charge is -2.43. The van der Waals surface area contributed by atoms with Gasteiger partial charge in [0.15, 0.2) is 10.9 Å². The highest BCUT2D eigenvalue weighted by Gasteiger charge is 2.42. The van der Waals surface area contributed by atoms with Crippen LogP contribution in [-0.2, 0) is 11.2 Å².